The van der Waals surface area contributed by atoms with Crippen LogP contribution >= 0.6 is 50.6 Å². The molecule has 1 unspecified atom stereocenters. The van der Waals surface area contributed by atoms with Gasteiger partial charge in [0.05, 0.1) is 10.5 Å². The maximum atomic E-state index is 5.96. The normalized spacial score (nSPS) is 12.4. The van der Waals surface area contributed by atoms with E-state index in [1.165, 1.54) is 14.2 Å². The lowest BCUT2D eigenvalue weighted by molar-refractivity contribution is 0.624. The number of rotatable bonds is 7. The van der Waals surface area contributed by atoms with Crippen LogP contribution in [0.25, 0.3) is 0 Å². The molecular formula is C17H16BrClN2S2. The highest BCUT2D eigenvalue weighted by atomic mass is 79.9. The molecule has 2 aromatic heterocycles. The summed E-state index contributed by atoms with van der Waals surface area (Å²) in [5.74, 6) is 0. The zero-order valence-corrected chi connectivity index (χ0v) is 16.3. The Morgan fingerprint density at radius 2 is 2.09 bits per heavy atom. The molecular weight excluding hydrogens is 412 g/mol. The molecule has 3 rings (SSSR count). The molecule has 0 spiro atoms. The first kappa shape index (κ1) is 17.1. The van der Waals surface area contributed by atoms with Gasteiger partial charge >= 0.3 is 0 Å². The summed E-state index contributed by atoms with van der Waals surface area (Å²) in [5.41, 5.74) is 1.33. The van der Waals surface area contributed by atoms with Crippen molar-refractivity contribution in [3.05, 3.63) is 69.5 Å². The summed E-state index contributed by atoms with van der Waals surface area (Å²) in [6.45, 7) is 0.961. The molecule has 0 aliphatic carbocycles. The standard InChI is InChI=1S/C17H16BrClN2S2/c18-16-7-10-22-17(16)23-15(11-21-9-8-20-12-21)6-3-13-1-4-14(19)5-2-13/h1-2,4-5,7-10,12,15H,3,6,11H2. The molecule has 0 aliphatic rings. The Bertz CT molecular complexity index is 725. The molecule has 0 saturated carbocycles. The van der Waals surface area contributed by atoms with E-state index < -0.39 is 0 Å². The smallest absolute Gasteiger partial charge is 0.0946 e. The first-order valence-electron chi connectivity index (χ1n) is 7.30. The minimum Gasteiger partial charge on any atom is -0.336 e. The summed E-state index contributed by atoms with van der Waals surface area (Å²) in [6.07, 6.45) is 7.90. The summed E-state index contributed by atoms with van der Waals surface area (Å²) >= 11 is 13.3. The van der Waals surface area contributed by atoms with E-state index in [1.54, 1.807) is 11.3 Å². The molecule has 0 N–H and O–H groups in total. The number of hydrogen-bond donors (Lipinski definition) is 0. The van der Waals surface area contributed by atoms with E-state index in [9.17, 15) is 0 Å². The Labute approximate surface area is 158 Å². The molecule has 0 saturated heterocycles. The SMILES string of the molecule is Clc1ccc(CCC(Cn2ccnc2)Sc2sccc2Br)cc1. The predicted octanol–water partition coefficient (Wildman–Crippen LogP) is 6.15. The van der Waals surface area contributed by atoms with E-state index >= 15 is 0 Å². The number of hydrogen-bond acceptors (Lipinski definition) is 3. The highest BCUT2D eigenvalue weighted by molar-refractivity contribution is 9.10. The lowest BCUT2D eigenvalue weighted by Gasteiger charge is -2.17. The number of halogens is 2. The van der Waals surface area contributed by atoms with E-state index in [0.717, 1.165) is 24.4 Å². The number of aromatic nitrogens is 2. The Morgan fingerprint density at radius 3 is 2.74 bits per heavy atom. The molecule has 6 heteroatoms. The van der Waals surface area contributed by atoms with Crippen LogP contribution in [0, 0.1) is 0 Å². The second kappa shape index (κ2) is 8.38. The van der Waals surface area contributed by atoms with Crippen molar-refractivity contribution in [1.82, 2.24) is 9.55 Å². The zero-order chi connectivity index (χ0) is 16.1. The zero-order valence-electron chi connectivity index (χ0n) is 12.4. The lowest BCUT2D eigenvalue weighted by Crippen LogP contribution is -2.13. The van der Waals surface area contributed by atoms with Gasteiger partial charge in [-0.2, -0.15) is 0 Å². The fraction of sp³-hybridized carbons (Fsp3) is 0.235. The first-order valence-corrected chi connectivity index (χ1v) is 10.2. The van der Waals surface area contributed by atoms with Crippen LogP contribution in [0.5, 0.6) is 0 Å². The number of thioether (sulfide) groups is 1. The van der Waals surface area contributed by atoms with Gasteiger partial charge < -0.3 is 4.57 Å². The van der Waals surface area contributed by atoms with Crippen LogP contribution in [0.1, 0.15) is 12.0 Å². The molecule has 2 heterocycles. The van der Waals surface area contributed by atoms with E-state index in [2.05, 4.69) is 49.1 Å². The Morgan fingerprint density at radius 1 is 1.26 bits per heavy atom. The molecule has 1 aromatic carbocycles. The largest absolute Gasteiger partial charge is 0.336 e. The monoisotopic (exact) mass is 426 g/mol. The Balaban J connectivity index is 1.66. The lowest BCUT2D eigenvalue weighted by atomic mass is 10.1. The molecule has 1 atom stereocenters. The van der Waals surface area contributed by atoms with E-state index in [0.29, 0.717) is 5.25 Å². The fourth-order valence-corrected chi connectivity index (χ4v) is 5.58. The first-order chi connectivity index (χ1) is 11.2. The van der Waals surface area contributed by atoms with Crippen molar-refractivity contribution in [3.8, 4) is 0 Å². The van der Waals surface area contributed by atoms with Crippen LogP contribution in [0.2, 0.25) is 5.02 Å². The van der Waals surface area contributed by atoms with Crippen LogP contribution in [-0.4, -0.2) is 14.8 Å². The highest BCUT2D eigenvalue weighted by Gasteiger charge is 2.14. The van der Waals surface area contributed by atoms with Gasteiger partial charge in [0.15, 0.2) is 0 Å². The van der Waals surface area contributed by atoms with Crippen molar-refractivity contribution < 1.29 is 0 Å². The minimum atomic E-state index is 0.495. The van der Waals surface area contributed by atoms with E-state index in [-0.39, 0.29) is 0 Å². The summed E-state index contributed by atoms with van der Waals surface area (Å²) < 4.78 is 4.68. The van der Waals surface area contributed by atoms with Crippen molar-refractivity contribution in [3.63, 3.8) is 0 Å². The van der Waals surface area contributed by atoms with Crippen LogP contribution in [0.3, 0.4) is 0 Å². The van der Waals surface area contributed by atoms with E-state index in [1.807, 2.05) is 42.6 Å². The van der Waals surface area contributed by atoms with Gasteiger partial charge in [0, 0.05) is 33.7 Å². The molecule has 0 aliphatic heterocycles. The second-order valence-electron chi connectivity index (χ2n) is 5.22. The van der Waals surface area contributed by atoms with Gasteiger partial charge in [0.25, 0.3) is 0 Å². The second-order valence-corrected chi connectivity index (χ2v) is 9.00. The van der Waals surface area contributed by atoms with Crippen LogP contribution in [0.4, 0.5) is 0 Å². The Hall–Kier alpha value is -0.750. The molecule has 23 heavy (non-hydrogen) atoms. The van der Waals surface area contributed by atoms with Crippen molar-refractivity contribution in [1.29, 1.82) is 0 Å². The number of aryl methyl sites for hydroxylation is 1. The molecule has 0 fully saturated rings. The summed E-state index contributed by atoms with van der Waals surface area (Å²) in [5, 5.41) is 3.41. The topological polar surface area (TPSA) is 17.8 Å². The third-order valence-electron chi connectivity index (χ3n) is 3.50. The average Bonchev–Trinajstić information content (AvgIpc) is 3.19. The minimum absolute atomic E-state index is 0.495. The summed E-state index contributed by atoms with van der Waals surface area (Å²) in [7, 11) is 0. The number of nitrogens with zero attached hydrogens (tertiary/aromatic N) is 2. The molecule has 2 nitrogen and oxygen atoms in total. The fourth-order valence-electron chi connectivity index (χ4n) is 2.31. The number of benzene rings is 1. The van der Waals surface area contributed by atoms with Crippen molar-refractivity contribution >= 4 is 50.6 Å². The van der Waals surface area contributed by atoms with Crippen molar-refractivity contribution in [2.24, 2.45) is 0 Å². The summed E-state index contributed by atoms with van der Waals surface area (Å²) in [4.78, 5) is 4.15. The number of thiophene rings is 1. The van der Waals surface area contributed by atoms with E-state index in [4.69, 9.17) is 11.6 Å². The van der Waals surface area contributed by atoms with Gasteiger partial charge in [-0.25, -0.2) is 4.98 Å². The van der Waals surface area contributed by atoms with Crippen molar-refractivity contribution in [2.75, 3.05) is 0 Å². The third-order valence-corrected chi connectivity index (χ3v) is 7.37. The van der Waals surface area contributed by atoms with Crippen LogP contribution < -0.4 is 0 Å². The molecule has 0 amide bonds. The molecule has 3 aromatic rings. The van der Waals surface area contributed by atoms with Gasteiger partial charge in [-0.1, -0.05) is 23.7 Å². The van der Waals surface area contributed by atoms with Gasteiger partial charge in [-0.05, 0) is 57.9 Å². The predicted molar refractivity (Wildman–Crippen MR) is 104 cm³/mol. The average molecular weight is 428 g/mol. The quantitative estimate of drug-likeness (QED) is 0.421. The third kappa shape index (κ3) is 5.11. The van der Waals surface area contributed by atoms with Crippen LogP contribution in [0.15, 0.2) is 63.1 Å². The molecule has 0 bridgehead atoms. The Kier molecular flexibility index (Phi) is 6.22. The summed E-state index contributed by atoms with van der Waals surface area (Å²) in [6, 6.07) is 10.3. The molecule has 120 valence electrons. The van der Waals surface area contributed by atoms with Gasteiger partial charge in [-0.15, -0.1) is 23.1 Å². The van der Waals surface area contributed by atoms with Gasteiger partial charge in [-0.3, -0.25) is 0 Å². The van der Waals surface area contributed by atoms with Crippen LogP contribution in [-0.2, 0) is 13.0 Å². The molecule has 0 radical (unpaired) electrons. The van der Waals surface area contributed by atoms with Crippen molar-refractivity contribution in [2.45, 2.75) is 28.8 Å². The maximum Gasteiger partial charge on any atom is 0.0946 e. The highest BCUT2D eigenvalue weighted by Crippen LogP contribution is 2.37. The van der Waals surface area contributed by atoms with Gasteiger partial charge in [0.2, 0.25) is 0 Å². The maximum absolute atomic E-state index is 5.96. The van der Waals surface area contributed by atoms with Gasteiger partial charge in [0.1, 0.15) is 0 Å². The number of imidazole rings is 1.